The van der Waals surface area contributed by atoms with E-state index in [0.29, 0.717) is 22.3 Å². The van der Waals surface area contributed by atoms with Crippen molar-refractivity contribution in [3.05, 3.63) is 72.3 Å². The number of aliphatic hydroxyl groups is 4. The van der Waals surface area contributed by atoms with Crippen LogP contribution in [0.1, 0.15) is 35.9 Å². The van der Waals surface area contributed by atoms with E-state index in [2.05, 4.69) is 24.8 Å². The molecule has 0 saturated carbocycles. The van der Waals surface area contributed by atoms with Gasteiger partial charge in [-0.05, 0) is 49.5 Å². The average molecular weight is 634 g/mol. The quantitative estimate of drug-likeness (QED) is 0.104. The van der Waals surface area contributed by atoms with Crippen molar-refractivity contribution in [2.24, 2.45) is 0 Å². The molecule has 6 aromatic rings. The summed E-state index contributed by atoms with van der Waals surface area (Å²) in [5.74, 6) is 0.253. The van der Waals surface area contributed by atoms with Gasteiger partial charge >= 0.3 is 7.82 Å². The number of rotatable bonds is 6. The largest absolute Gasteiger partial charge is 0.469 e. The van der Waals surface area contributed by atoms with E-state index in [1.54, 1.807) is 4.57 Å². The Kier molecular flexibility index (Phi) is 6.59. The first-order valence-electron chi connectivity index (χ1n) is 14.3. The molecule has 2 aromatic heterocycles. The summed E-state index contributed by atoms with van der Waals surface area (Å²) in [7, 11) is -4.75. The third-order valence-corrected chi connectivity index (χ3v) is 9.42. The lowest BCUT2D eigenvalue weighted by molar-refractivity contribution is -0.0766. The van der Waals surface area contributed by atoms with Gasteiger partial charge in [0.15, 0.2) is 17.0 Å². The van der Waals surface area contributed by atoms with Crippen LogP contribution in [0.15, 0.2) is 61.2 Å². The van der Waals surface area contributed by atoms with Gasteiger partial charge in [0, 0.05) is 6.42 Å². The number of phosphoric acid groups is 1. The van der Waals surface area contributed by atoms with E-state index in [1.807, 2.05) is 48.5 Å². The molecule has 1 saturated heterocycles. The van der Waals surface area contributed by atoms with Crippen LogP contribution in [0.25, 0.3) is 43.5 Å². The van der Waals surface area contributed by atoms with Gasteiger partial charge < -0.3 is 40.3 Å². The molecule has 3 heterocycles. The van der Waals surface area contributed by atoms with Crippen molar-refractivity contribution in [1.29, 1.82) is 0 Å². The first-order chi connectivity index (χ1) is 21.6. The van der Waals surface area contributed by atoms with Crippen LogP contribution in [0, 0.1) is 0 Å². The van der Waals surface area contributed by atoms with Crippen molar-refractivity contribution in [2.45, 2.75) is 49.2 Å². The summed E-state index contributed by atoms with van der Waals surface area (Å²) >= 11 is 0. The van der Waals surface area contributed by atoms with Gasteiger partial charge in [-0.25, -0.2) is 19.5 Å². The van der Waals surface area contributed by atoms with Crippen LogP contribution in [-0.2, 0) is 13.8 Å². The third kappa shape index (κ3) is 4.57. The molecule has 4 aromatic carbocycles. The van der Waals surface area contributed by atoms with Crippen molar-refractivity contribution >= 4 is 57.1 Å². The standard InChI is InChI=1S/C30H28N5O9P/c36-18-9-20(44-19(18)10-43-45(40,41)42)35-12-33-25-29(31-11-32-30(25)35)34-24-23-16-7-6-14-3-1-2-13-4-5-15(22(16)21(13)14)8-17(23)26(37)28(39)27(24)38/h1-8,11-12,18-20,24,26-28,36-39H,9-10H2,(H,31,32,34)(H2,40,41,42). The smallest absolute Gasteiger partial charge is 0.390 e. The molecule has 0 bridgehead atoms. The summed E-state index contributed by atoms with van der Waals surface area (Å²) < 4.78 is 23.0. The van der Waals surface area contributed by atoms with E-state index in [4.69, 9.17) is 14.5 Å². The Labute approximate surface area is 254 Å². The second kappa shape index (κ2) is 10.4. The highest BCUT2D eigenvalue weighted by Crippen LogP contribution is 2.47. The molecule has 0 radical (unpaired) electrons. The van der Waals surface area contributed by atoms with Crippen LogP contribution in [-0.4, -0.2) is 80.8 Å². The highest BCUT2D eigenvalue weighted by molar-refractivity contribution is 7.46. The molecular weight excluding hydrogens is 605 g/mol. The second-order valence-corrected chi connectivity index (χ2v) is 12.8. The Morgan fingerprint density at radius 1 is 0.956 bits per heavy atom. The number of benzene rings is 4. The number of fused-ring (bicyclic) bond motifs is 3. The van der Waals surface area contributed by atoms with Crippen LogP contribution in [0.4, 0.5) is 5.82 Å². The predicted octanol–water partition coefficient (Wildman–Crippen LogP) is 2.40. The van der Waals surface area contributed by atoms with Gasteiger partial charge in [-0.15, -0.1) is 0 Å². The molecule has 7 unspecified atom stereocenters. The lowest BCUT2D eigenvalue weighted by Crippen LogP contribution is -2.44. The van der Waals surface area contributed by atoms with Gasteiger partial charge in [0.2, 0.25) is 0 Å². The summed E-state index contributed by atoms with van der Waals surface area (Å²) in [6, 6.07) is 15.0. The fraction of sp³-hybridized carbons (Fsp3) is 0.300. The summed E-state index contributed by atoms with van der Waals surface area (Å²) in [6.45, 7) is -0.508. The Morgan fingerprint density at radius 2 is 1.71 bits per heavy atom. The zero-order chi connectivity index (χ0) is 31.2. The first kappa shape index (κ1) is 28.6. The maximum atomic E-state index is 11.4. The molecule has 7 atom stereocenters. The Morgan fingerprint density at radius 3 is 2.49 bits per heavy atom. The number of aliphatic hydroxyl groups excluding tert-OH is 4. The van der Waals surface area contributed by atoms with Crippen LogP contribution in [0.2, 0.25) is 0 Å². The normalized spacial score (nSPS) is 27.2. The number of hydrogen-bond donors (Lipinski definition) is 7. The van der Waals surface area contributed by atoms with E-state index in [9.17, 15) is 25.0 Å². The lowest BCUT2D eigenvalue weighted by atomic mass is 9.77. The number of nitrogens with one attached hydrogen (secondary N) is 1. The third-order valence-electron chi connectivity index (χ3n) is 8.94. The van der Waals surface area contributed by atoms with Crippen LogP contribution in [0.5, 0.6) is 0 Å². The van der Waals surface area contributed by atoms with Crippen molar-refractivity contribution in [1.82, 2.24) is 19.5 Å². The number of phosphoric ester groups is 1. The summed E-state index contributed by atoms with van der Waals surface area (Å²) in [4.78, 5) is 31.3. The molecule has 15 heteroatoms. The molecule has 232 valence electrons. The van der Waals surface area contributed by atoms with Crippen molar-refractivity contribution in [2.75, 3.05) is 11.9 Å². The summed E-state index contributed by atoms with van der Waals surface area (Å²) in [5, 5.41) is 53.1. The minimum atomic E-state index is -4.75. The van der Waals surface area contributed by atoms with E-state index in [1.165, 1.54) is 12.7 Å². The molecule has 1 fully saturated rings. The molecule has 45 heavy (non-hydrogen) atoms. The fourth-order valence-electron chi connectivity index (χ4n) is 6.86. The topological polar surface area (TPSA) is 213 Å². The van der Waals surface area contributed by atoms with E-state index in [-0.39, 0.29) is 12.2 Å². The number of hydrogen-bond acceptors (Lipinski definition) is 11. The predicted molar refractivity (Wildman–Crippen MR) is 161 cm³/mol. The zero-order valence-corrected chi connectivity index (χ0v) is 24.3. The fourth-order valence-corrected chi connectivity index (χ4v) is 7.21. The minimum Gasteiger partial charge on any atom is -0.390 e. The van der Waals surface area contributed by atoms with Gasteiger partial charge in [-0.3, -0.25) is 9.09 Å². The summed E-state index contributed by atoms with van der Waals surface area (Å²) in [6.07, 6.45) is -4.20. The van der Waals surface area contributed by atoms with Crippen molar-refractivity contribution in [3.63, 3.8) is 0 Å². The number of anilines is 1. The van der Waals surface area contributed by atoms with Crippen LogP contribution in [0.3, 0.4) is 0 Å². The molecule has 1 aliphatic heterocycles. The monoisotopic (exact) mass is 633 g/mol. The number of imidazole rings is 1. The SMILES string of the molecule is O=P(O)(O)OCC1OC(n2cnc3c(NC4c5c(cc6ccc7cccc8ccc5c6c78)C(O)C(O)C4O)ncnc32)CC1O. The maximum Gasteiger partial charge on any atom is 0.469 e. The highest BCUT2D eigenvalue weighted by atomic mass is 31.2. The molecule has 8 rings (SSSR count). The van der Waals surface area contributed by atoms with Crippen molar-refractivity contribution in [3.8, 4) is 0 Å². The Balaban J connectivity index is 1.20. The van der Waals surface area contributed by atoms with Gasteiger partial charge in [0.25, 0.3) is 0 Å². The number of aromatic nitrogens is 4. The minimum absolute atomic E-state index is 0.0882. The van der Waals surface area contributed by atoms with Gasteiger partial charge in [0.1, 0.15) is 37.0 Å². The Bertz CT molecular complexity index is 2120. The zero-order valence-electron chi connectivity index (χ0n) is 23.4. The van der Waals surface area contributed by atoms with E-state index in [0.717, 1.165) is 32.3 Å². The van der Waals surface area contributed by atoms with Crippen LogP contribution >= 0.6 is 7.82 Å². The molecule has 14 nitrogen and oxygen atoms in total. The number of ether oxygens (including phenoxy) is 1. The molecule has 0 spiro atoms. The van der Waals surface area contributed by atoms with Crippen LogP contribution < -0.4 is 5.32 Å². The maximum absolute atomic E-state index is 11.4. The lowest BCUT2D eigenvalue weighted by Gasteiger charge is -2.39. The first-order valence-corrected chi connectivity index (χ1v) is 15.8. The van der Waals surface area contributed by atoms with E-state index < -0.39 is 57.2 Å². The average Bonchev–Trinajstić information content (AvgIpc) is 3.62. The summed E-state index contributed by atoms with van der Waals surface area (Å²) in [5.41, 5.74) is 1.77. The Hall–Kier alpha value is -3.82. The molecule has 7 N–H and O–H groups in total. The van der Waals surface area contributed by atoms with Gasteiger partial charge in [0.05, 0.1) is 25.1 Å². The van der Waals surface area contributed by atoms with Gasteiger partial charge in [-0.2, -0.15) is 0 Å². The second-order valence-electron chi connectivity index (χ2n) is 11.5. The molecule has 0 amide bonds. The molecular formula is C30H28N5O9P. The van der Waals surface area contributed by atoms with E-state index >= 15 is 0 Å². The molecule has 2 aliphatic rings. The molecule has 1 aliphatic carbocycles. The van der Waals surface area contributed by atoms with Crippen molar-refractivity contribution < 1.29 is 44.0 Å². The number of nitrogens with zero attached hydrogens (tertiary/aromatic N) is 4. The highest BCUT2D eigenvalue weighted by Gasteiger charge is 2.43. The van der Waals surface area contributed by atoms with Gasteiger partial charge in [-0.1, -0.05) is 42.5 Å².